The van der Waals surface area contributed by atoms with E-state index in [1.807, 2.05) is 12.2 Å². The summed E-state index contributed by atoms with van der Waals surface area (Å²) in [6.07, 6.45) is 15.4. The van der Waals surface area contributed by atoms with Crippen LogP contribution in [-0.2, 0) is 28.0 Å². The molecular formula is C20H15F3FeO. The molecule has 0 heterocycles. The Hall–Kier alpha value is -2.10. The molecule has 0 saturated heterocycles. The molecule has 130 valence electrons. The summed E-state index contributed by atoms with van der Waals surface area (Å²) >= 11 is 0. The van der Waals surface area contributed by atoms with Crippen molar-refractivity contribution >= 4 is 11.9 Å². The average molecular weight is 384 g/mol. The molecule has 0 saturated carbocycles. The van der Waals surface area contributed by atoms with Crippen molar-refractivity contribution < 1.29 is 35.0 Å². The van der Waals surface area contributed by atoms with Gasteiger partial charge in [0.2, 0.25) is 0 Å². The zero-order chi connectivity index (χ0) is 17.4. The van der Waals surface area contributed by atoms with Gasteiger partial charge in [0.15, 0.2) is 0 Å². The third kappa shape index (κ3) is 7.12. The van der Waals surface area contributed by atoms with E-state index in [1.54, 1.807) is 12.2 Å². The largest absolute Gasteiger partial charge is 2.00 e. The second-order valence-electron chi connectivity index (χ2n) is 5.03. The molecule has 0 spiro atoms. The van der Waals surface area contributed by atoms with Crippen molar-refractivity contribution in [2.24, 2.45) is 0 Å². The van der Waals surface area contributed by atoms with Gasteiger partial charge in [-0.05, 0) is 23.8 Å². The SMILES string of the molecule is O=C(/C=C/c1ccc(C(F)(F)F)cc1)C1=CC[C-]=C1.[C-]1=CC=CC1.[Fe+2]. The van der Waals surface area contributed by atoms with Crippen LogP contribution >= 0.6 is 0 Å². The van der Waals surface area contributed by atoms with Crippen molar-refractivity contribution in [2.75, 3.05) is 0 Å². The summed E-state index contributed by atoms with van der Waals surface area (Å²) in [6.45, 7) is 0. The molecule has 0 aromatic heterocycles. The van der Waals surface area contributed by atoms with E-state index < -0.39 is 11.7 Å². The van der Waals surface area contributed by atoms with Gasteiger partial charge in [0, 0.05) is 0 Å². The molecule has 2 aliphatic rings. The number of ketones is 1. The van der Waals surface area contributed by atoms with Crippen molar-refractivity contribution in [1.29, 1.82) is 0 Å². The first kappa shape index (κ1) is 20.9. The number of benzene rings is 1. The smallest absolute Gasteiger partial charge is 0.311 e. The summed E-state index contributed by atoms with van der Waals surface area (Å²) in [5.74, 6) is -0.176. The molecule has 1 aromatic carbocycles. The van der Waals surface area contributed by atoms with E-state index in [-0.39, 0.29) is 22.9 Å². The Balaban J connectivity index is 0.000000448. The summed E-state index contributed by atoms with van der Waals surface area (Å²) in [5.41, 5.74) is 0.406. The van der Waals surface area contributed by atoms with Crippen LogP contribution in [0.25, 0.3) is 6.08 Å². The molecule has 0 unspecified atom stereocenters. The fourth-order valence-corrected chi connectivity index (χ4v) is 1.96. The summed E-state index contributed by atoms with van der Waals surface area (Å²) in [6, 6.07) is 4.65. The predicted octanol–water partition coefficient (Wildman–Crippen LogP) is 5.28. The molecule has 0 bridgehead atoms. The molecule has 0 N–H and O–H groups in total. The van der Waals surface area contributed by atoms with Crippen LogP contribution in [0.4, 0.5) is 13.2 Å². The molecule has 25 heavy (non-hydrogen) atoms. The Labute approximate surface area is 155 Å². The minimum atomic E-state index is -4.34. The Bertz CT molecular complexity index is 710. The van der Waals surface area contributed by atoms with Crippen LogP contribution in [0.3, 0.4) is 0 Å². The average Bonchev–Trinajstić information content (AvgIpc) is 3.27. The minimum Gasteiger partial charge on any atom is -0.311 e. The maximum atomic E-state index is 12.3. The van der Waals surface area contributed by atoms with Gasteiger partial charge in [-0.15, -0.1) is 18.4 Å². The molecule has 0 atom stereocenters. The van der Waals surface area contributed by atoms with Crippen LogP contribution in [0.2, 0.25) is 0 Å². The number of rotatable bonds is 3. The van der Waals surface area contributed by atoms with E-state index in [9.17, 15) is 18.0 Å². The van der Waals surface area contributed by atoms with Crippen molar-refractivity contribution in [2.45, 2.75) is 19.0 Å². The van der Waals surface area contributed by atoms with Crippen molar-refractivity contribution in [3.05, 3.63) is 89.6 Å². The number of carbonyl (C=O) groups is 1. The third-order valence-corrected chi connectivity index (χ3v) is 3.23. The Morgan fingerprint density at radius 3 is 2.24 bits per heavy atom. The first-order chi connectivity index (χ1) is 11.5. The molecule has 3 rings (SSSR count). The zero-order valence-electron chi connectivity index (χ0n) is 13.2. The van der Waals surface area contributed by atoms with Crippen LogP contribution in [-0.4, -0.2) is 5.78 Å². The Morgan fingerprint density at radius 1 is 1.08 bits per heavy atom. The zero-order valence-corrected chi connectivity index (χ0v) is 14.3. The number of hydrogen-bond donors (Lipinski definition) is 0. The Morgan fingerprint density at radius 2 is 1.80 bits per heavy atom. The fourth-order valence-electron chi connectivity index (χ4n) is 1.96. The Kier molecular flexibility index (Phi) is 8.39. The molecule has 5 heteroatoms. The van der Waals surface area contributed by atoms with E-state index in [1.165, 1.54) is 24.3 Å². The monoisotopic (exact) mass is 384 g/mol. The normalized spacial score (nSPS) is 14.9. The summed E-state index contributed by atoms with van der Waals surface area (Å²) in [7, 11) is 0. The number of alkyl halides is 3. The van der Waals surface area contributed by atoms with Gasteiger partial charge in [0.05, 0.1) is 5.56 Å². The second-order valence-corrected chi connectivity index (χ2v) is 5.03. The number of hydrogen-bond acceptors (Lipinski definition) is 1. The van der Waals surface area contributed by atoms with E-state index in [0.29, 0.717) is 17.6 Å². The number of carbonyl (C=O) groups excluding carboxylic acids is 1. The van der Waals surface area contributed by atoms with Crippen LogP contribution in [0, 0.1) is 12.2 Å². The maximum Gasteiger partial charge on any atom is 2.00 e. The van der Waals surface area contributed by atoms with Crippen LogP contribution in [0.15, 0.2) is 66.3 Å². The molecule has 0 amide bonds. The van der Waals surface area contributed by atoms with Crippen LogP contribution < -0.4 is 0 Å². The van der Waals surface area contributed by atoms with E-state index in [4.69, 9.17) is 0 Å². The molecule has 0 radical (unpaired) electrons. The standard InChI is InChI=1S/C15H10F3O.C5H5.Fe/c16-15(17,18)13-8-5-11(6-9-13)7-10-14(19)12-3-1-2-4-12;1-2-4-5-3-1;/h3-10H,1H2;1-3H,4H2;/q2*-1;+2/b10-7+;;. The topological polar surface area (TPSA) is 17.1 Å². The van der Waals surface area contributed by atoms with Crippen molar-refractivity contribution in [3.63, 3.8) is 0 Å². The van der Waals surface area contributed by atoms with Crippen molar-refractivity contribution in [1.82, 2.24) is 0 Å². The summed E-state index contributed by atoms with van der Waals surface area (Å²) in [4.78, 5) is 11.6. The minimum absolute atomic E-state index is 0. The van der Waals surface area contributed by atoms with Gasteiger partial charge in [-0.1, -0.05) is 18.2 Å². The van der Waals surface area contributed by atoms with Crippen LogP contribution in [0.1, 0.15) is 24.0 Å². The second kappa shape index (κ2) is 10.0. The molecule has 0 fully saturated rings. The molecule has 2 aliphatic carbocycles. The summed E-state index contributed by atoms with van der Waals surface area (Å²) < 4.78 is 37.0. The van der Waals surface area contributed by atoms with Gasteiger partial charge in [0.25, 0.3) is 0 Å². The molecule has 1 nitrogen and oxygen atoms in total. The molecule has 0 aliphatic heterocycles. The fraction of sp³-hybridized carbons (Fsp3) is 0.150. The maximum absolute atomic E-state index is 12.3. The number of allylic oxidation sites excluding steroid dienone is 9. The van der Waals surface area contributed by atoms with Crippen molar-refractivity contribution in [3.8, 4) is 0 Å². The van der Waals surface area contributed by atoms with Gasteiger partial charge in [-0.25, -0.2) is 18.2 Å². The van der Waals surface area contributed by atoms with Gasteiger partial charge in [-0.2, -0.15) is 25.3 Å². The van der Waals surface area contributed by atoms with E-state index >= 15 is 0 Å². The first-order valence-corrected chi connectivity index (χ1v) is 7.35. The number of halogens is 3. The van der Waals surface area contributed by atoms with E-state index in [2.05, 4.69) is 18.2 Å². The first-order valence-electron chi connectivity index (χ1n) is 7.35. The quantitative estimate of drug-likeness (QED) is 0.394. The van der Waals surface area contributed by atoms with Gasteiger partial charge in [-0.3, -0.25) is 12.2 Å². The predicted molar refractivity (Wildman–Crippen MR) is 87.6 cm³/mol. The van der Waals surface area contributed by atoms with Gasteiger partial charge in [0.1, 0.15) is 5.78 Å². The van der Waals surface area contributed by atoms with Gasteiger partial charge >= 0.3 is 23.2 Å². The molecular weight excluding hydrogens is 369 g/mol. The molecule has 1 aromatic rings. The third-order valence-electron chi connectivity index (χ3n) is 3.23. The van der Waals surface area contributed by atoms with Gasteiger partial charge < -0.3 is 4.79 Å². The van der Waals surface area contributed by atoms with Crippen LogP contribution in [0.5, 0.6) is 0 Å². The summed E-state index contributed by atoms with van der Waals surface area (Å²) in [5, 5.41) is 0. The van der Waals surface area contributed by atoms with E-state index in [0.717, 1.165) is 18.6 Å².